The van der Waals surface area contributed by atoms with Gasteiger partial charge >= 0.3 is 5.97 Å². The van der Waals surface area contributed by atoms with E-state index in [1.807, 2.05) is 91.0 Å². The lowest BCUT2D eigenvalue weighted by atomic mass is 9.91. The van der Waals surface area contributed by atoms with Crippen LogP contribution >= 0.6 is 0 Å². The summed E-state index contributed by atoms with van der Waals surface area (Å²) >= 11 is 0. The molecule has 4 rings (SSSR count). The van der Waals surface area contributed by atoms with Crippen molar-refractivity contribution in [1.29, 1.82) is 0 Å². The summed E-state index contributed by atoms with van der Waals surface area (Å²) in [6.07, 6.45) is 0.349. The number of hydrogen-bond acceptors (Lipinski definition) is 5. The molecule has 0 aromatic heterocycles. The Kier molecular flexibility index (Phi) is 6.83. The smallest absolute Gasteiger partial charge is 0.328 e. The van der Waals surface area contributed by atoms with Crippen LogP contribution in [0.25, 0.3) is 0 Å². The minimum Gasteiger partial charge on any atom is -0.474 e. The summed E-state index contributed by atoms with van der Waals surface area (Å²) in [5.41, 5.74) is 1.45. The van der Waals surface area contributed by atoms with E-state index in [1.165, 1.54) is 0 Å². The Labute approximate surface area is 193 Å². The number of rotatable bonds is 8. The number of carbonyl (C=O) groups is 2. The zero-order valence-corrected chi connectivity index (χ0v) is 18.4. The molecule has 1 N–H and O–H groups in total. The SMILES string of the molecule is C[C@H](NC(=O)[C@@]1(Cc2ccccc2)COC(c2ccccc2)=N1)C(=O)OCc1ccccc1. The zero-order valence-electron chi connectivity index (χ0n) is 18.4. The van der Waals surface area contributed by atoms with Gasteiger partial charge in [-0.2, -0.15) is 0 Å². The molecule has 0 radical (unpaired) electrons. The summed E-state index contributed by atoms with van der Waals surface area (Å²) in [4.78, 5) is 30.7. The van der Waals surface area contributed by atoms with Crippen molar-refractivity contribution in [2.45, 2.75) is 31.5 Å². The van der Waals surface area contributed by atoms with Crippen molar-refractivity contribution in [3.63, 3.8) is 0 Å². The quantitative estimate of drug-likeness (QED) is 0.540. The largest absolute Gasteiger partial charge is 0.474 e. The predicted molar refractivity (Wildman–Crippen MR) is 126 cm³/mol. The number of benzene rings is 3. The first kappa shape index (κ1) is 22.3. The molecule has 6 heteroatoms. The third-order valence-electron chi connectivity index (χ3n) is 5.47. The van der Waals surface area contributed by atoms with E-state index in [0.29, 0.717) is 12.3 Å². The van der Waals surface area contributed by atoms with E-state index in [4.69, 9.17) is 14.5 Å². The van der Waals surface area contributed by atoms with Crippen LogP contribution in [-0.4, -0.2) is 36.0 Å². The number of amides is 1. The molecule has 0 spiro atoms. The summed E-state index contributed by atoms with van der Waals surface area (Å²) in [6.45, 7) is 1.84. The molecule has 1 aliphatic rings. The Morgan fingerprint density at radius 3 is 2.15 bits per heavy atom. The molecule has 6 nitrogen and oxygen atoms in total. The molecule has 0 aliphatic carbocycles. The first-order valence-electron chi connectivity index (χ1n) is 10.9. The molecule has 33 heavy (non-hydrogen) atoms. The standard InChI is InChI=1S/C27H26N2O4/c1-20(25(30)32-18-22-13-7-3-8-14-22)28-26(31)27(17-21-11-5-2-6-12-21)19-33-24(29-27)23-15-9-4-10-16-23/h2-16,20H,17-19H2,1H3,(H,28,31)/t20-,27+/m0/s1. The highest BCUT2D eigenvalue weighted by Crippen LogP contribution is 2.27. The Hall–Kier alpha value is -3.93. The molecular formula is C27H26N2O4. The van der Waals surface area contributed by atoms with Crippen LogP contribution in [0.4, 0.5) is 0 Å². The average molecular weight is 443 g/mol. The van der Waals surface area contributed by atoms with Gasteiger partial charge in [-0.05, 0) is 30.2 Å². The van der Waals surface area contributed by atoms with Crippen LogP contribution in [-0.2, 0) is 32.1 Å². The van der Waals surface area contributed by atoms with Crippen molar-refractivity contribution in [2.24, 2.45) is 4.99 Å². The molecule has 168 valence electrons. The molecule has 1 aliphatic heterocycles. The summed E-state index contributed by atoms with van der Waals surface area (Å²) < 4.78 is 11.2. The van der Waals surface area contributed by atoms with E-state index in [2.05, 4.69) is 5.32 Å². The van der Waals surface area contributed by atoms with Crippen molar-refractivity contribution in [3.05, 3.63) is 108 Å². The summed E-state index contributed by atoms with van der Waals surface area (Å²) in [6, 6.07) is 27.7. The van der Waals surface area contributed by atoms with Crippen molar-refractivity contribution in [1.82, 2.24) is 5.32 Å². The van der Waals surface area contributed by atoms with Gasteiger partial charge in [-0.25, -0.2) is 9.79 Å². The van der Waals surface area contributed by atoms with Gasteiger partial charge in [0, 0.05) is 12.0 Å². The Morgan fingerprint density at radius 1 is 0.939 bits per heavy atom. The van der Waals surface area contributed by atoms with Crippen LogP contribution < -0.4 is 5.32 Å². The molecule has 1 heterocycles. The number of ether oxygens (including phenoxy) is 2. The zero-order chi connectivity index (χ0) is 23.1. The molecule has 0 fully saturated rings. The van der Waals surface area contributed by atoms with Crippen LogP contribution in [0, 0.1) is 0 Å². The fraction of sp³-hybridized carbons (Fsp3) is 0.222. The molecule has 3 aromatic rings. The lowest BCUT2D eigenvalue weighted by Gasteiger charge is -2.25. The highest BCUT2D eigenvalue weighted by molar-refractivity contribution is 6.01. The van der Waals surface area contributed by atoms with Gasteiger partial charge in [0.1, 0.15) is 19.3 Å². The maximum Gasteiger partial charge on any atom is 0.328 e. The molecule has 0 saturated carbocycles. The monoisotopic (exact) mass is 442 g/mol. The maximum atomic E-state index is 13.4. The fourth-order valence-corrected chi connectivity index (χ4v) is 3.64. The second-order valence-electron chi connectivity index (χ2n) is 8.05. The Balaban J connectivity index is 1.50. The van der Waals surface area contributed by atoms with Gasteiger partial charge in [0.2, 0.25) is 5.90 Å². The first-order valence-corrected chi connectivity index (χ1v) is 10.9. The number of nitrogens with one attached hydrogen (secondary N) is 1. The topological polar surface area (TPSA) is 77.0 Å². The highest BCUT2D eigenvalue weighted by atomic mass is 16.5. The number of aliphatic imine (C=N–C) groups is 1. The second kappa shape index (κ2) is 10.1. The lowest BCUT2D eigenvalue weighted by molar-refractivity contribution is -0.149. The van der Waals surface area contributed by atoms with E-state index in [-0.39, 0.29) is 19.1 Å². The fourth-order valence-electron chi connectivity index (χ4n) is 3.64. The van der Waals surface area contributed by atoms with Crippen molar-refractivity contribution in [3.8, 4) is 0 Å². The van der Waals surface area contributed by atoms with Crippen LogP contribution in [0.15, 0.2) is 96.0 Å². The van der Waals surface area contributed by atoms with Gasteiger partial charge in [-0.3, -0.25) is 4.79 Å². The predicted octanol–water partition coefficient (Wildman–Crippen LogP) is 3.69. The first-order chi connectivity index (χ1) is 16.1. The lowest BCUT2D eigenvalue weighted by Crippen LogP contribution is -2.52. The van der Waals surface area contributed by atoms with E-state index in [9.17, 15) is 9.59 Å². The van der Waals surface area contributed by atoms with Gasteiger partial charge < -0.3 is 14.8 Å². The van der Waals surface area contributed by atoms with E-state index in [1.54, 1.807) is 6.92 Å². The molecule has 0 saturated heterocycles. The van der Waals surface area contributed by atoms with Crippen LogP contribution in [0.1, 0.15) is 23.6 Å². The van der Waals surface area contributed by atoms with Crippen LogP contribution in [0.5, 0.6) is 0 Å². The summed E-state index contributed by atoms with van der Waals surface area (Å²) in [5, 5.41) is 2.79. The third kappa shape index (κ3) is 5.47. The minimum atomic E-state index is -1.18. The van der Waals surface area contributed by atoms with Gasteiger partial charge in [0.05, 0.1) is 0 Å². The summed E-state index contributed by atoms with van der Waals surface area (Å²) in [7, 11) is 0. The maximum absolute atomic E-state index is 13.4. The third-order valence-corrected chi connectivity index (χ3v) is 5.47. The molecular weight excluding hydrogens is 416 g/mol. The molecule has 3 aromatic carbocycles. The normalized spacial score (nSPS) is 18.0. The molecule has 0 bridgehead atoms. The highest BCUT2D eigenvalue weighted by Gasteiger charge is 2.45. The van der Waals surface area contributed by atoms with E-state index >= 15 is 0 Å². The molecule has 0 unspecified atom stereocenters. The van der Waals surface area contributed by atoms with Crippen molar-refractivity contribution < 1.29 is 19.1 Å². The minimum absolute atomic E-state index is 0.0870. The summed E-state index contributed by atoms with van der Waals surface area (Å²) in [5.74, 6) is -0.462. The Morgan fingerprint density at radius 2 is 1.52 bits per heavy atom. The van der Waals surface area contributed by atoms with Crippen molar-refractivity contribution >= 4 is 17.8 Å². The van der Waals surface area contributed by atoms with Gasteiger partial charge in [0.15, 0.2) is 5.54 Å². The van der Waals surface area contributed by atoms with Gasteiger partial charge in [-0.15, -0.1) is 0 Å². The van der Waals surface area contributed by atoms with E-state index < -0.39 is 17.6 Å². The number of esters is 1. The van der Waals surface area contributed by atoms with Crippen LogP contribution in [0.3, 0.4) is 0 Å². The second-order valence-corrected chi connectivity index (χ2v) is 8.05. The van der Waals surface area contributed by atoms with Crippen molar-refractivity contribution in [2.75, 3.05) is 6.61 Å². The van der Waals surface area contributed by atoms with E-state index in [0.717, 1.165) is 16.7 Å². The molecule has 1 amide bonds. The number of carbonyl (C=O) groups excluding carboxylic acids is 2. The van der Waals surface area contributed by atoms with Gasteiger partial charge in [-0.1, -0.05) is 78.9 Å². The van der Waals surface area contributed by atoms with Gasteiger partial charge in [0.25, 0.3) is 5.91 Å². The Bertz CT molecular complexity index is 1120. The van der Waals surface area contributed by atoms with Crippen LogP contribution in [0.2, 0.25) is 0 Å². The number of nitrogens with zero attached hydrogens (tertiary/aromatic N) is 1. The average Bonchev–Trinajstić information content (AvgIpc) is 3.29. The number of hydrogen-bond donors (Lipinski definition) is 1. The molecule has 2 atom stereocenters.